The van der Waals surface area contributed by atoms with Crippen LogP contribution in [0.4, 0.5) is 5.95 Å². The number of nitrogens with zero attached hydrogens (tertiary/aromatic N) is 3. The molecule has 7 heteroatoms. The summed E-state index contributed by atoms with van der Waals surface area (Å²) in [7, 11) is 0. The third-order valence-electron chi connectivity index (χ3n) is 3.24. The average molecular weight is 287 g/mol. The van der Waals surface area contributed by atoms with E-state index in [2.05, 4.69) is 20.3 Å². The fraction of sp³-hybridized carbons (Fsp3) is 0.750. The van der Waals surface area contributed by atoms with Crippen LogP contribution in [0, 0.1) is 5.41 Å². The Labute approximate surface area is 117 Å². The van der Waals surface area contributed by atoms with Gasteiger partial charge in [0.05, 0.1) is 6.61 Å². The maximum atomic E-state index is 9.01. The van der Waals surface area contributed by atoms with Gasteiger partial charge >= 0.3 is 6.01 Å². The minimum atomic E-state index is 0.121. The Bertz CT molecular complexity index is 426. The van der Waals surface area contributed by atoms with Crippen molar-refractivity contribution in [2.24, 2.45) is 5.41 Å². The minimum Gasteiger partial charge on any atom is -0.463 e. The van der Waals surface area contributed by atoms with Crippen molar-refractivity contribution in [3.63, 3.8) is 0 Å². The van der Waals surface area contributed by atoms with Crippen LogP contribution in [0.3, 0.4) is 0 Å². The first-order valence-electron chi connectivity index (χ1n) is 6.56. The van der Waals surface area contributed by atoms with Gasteiger partial charge in [-0.15, -0.1) is 0 Å². The molecule has 1 aromatic rings. The van der Waals surface area contributed by atoms with Gasteiger partial charge in [-0.3, -0.25) is 0 Å². The Hall–Kier alpha value is -1.14. The van der Waals surface area contributed by atoms with Crippen molar-refractivity contribution in [2.45, 2.75) is 32.6 Å². The molecule has 0 atom stereocenters. The summed E-state index contributed by atoms with van der Waals surface area (Å²) in [5.41, 5.74) is 0.193. The molecule has 6 nitrogen and oxygen atoms in total. The highest BCUT2D eigenvalue weighted by Gasteiger charge is 2.41. The van der Waals surface area contributed by atoms with E-state index < -0.39 is 0 Å². The highest BCUT2D eigenvalue weighted by Crippen LogP contribution is 2.48. The topological polar surface area (TPSA) is 80.2 Å². The molecule has 0 unspecified atom stereocenters. The number of rotatable bonds is 8. The van der Waals surface area contributed by atoms with Crippen molar-refractivity contribution in [3.8, 4) is 6.01 Å². The monoisotopic (exact) mass is 286 g/mol. The normalized spacial score (nSPS) is 16.2. The first kappa shape index (κ1) is 14.3. The van der Waals surface area contributed by atoms with Crippen molar-refractivity contribution in [1.29, 1.82) is 0 Å². The number of nitrogens with one attached hydrogen (secondary N) is 1. The molecule has 1 aliphatic rings. The third-order valence-corrected chi connectivity index (χ3v) is 3.41. The minimum absolute atomic E-state index is 0.121. The number of hydrogen-bond donors (Lipinski definition) is 2. The number of aromatic nitrogens is 3. The summed E-state index contributed by atoms with van der Waals surface area (Å²) in [5.74, 6) is 0.426. The Morgan fingerprint density at radius 3 is 2.79 bits per heavy atom. The summed E-state index contributed by atoms with van der Waals surface area (Å²) in [6.45, 7) is 3.51. The highest BCUT2D eigenvalue weighted by molar-refractivity contribution is 6.28. The Kier molecular flexibility index (Phi) is 4.76. The smallest absolute Gasteiger partial charge is 0.322 e. The summed E-state index contributed by atoms with van der Waals surface area (Å²) in [4.78, 5) is 12.1. The first-order chi connectivity index (χ1) is 9.17. The van der Waals surface area contributed by atoms with Crippen molar-refractivity contribution >= 4 is 17.5 Å². The van der Waals surface area contributed by atoms with Crippen LogP contribution < -0.4 is 10.1 Å². The zero-order chi connectivity index (χ0) is 13.7. The van der Waals surface area contributed by atoms with Gasteiger partial charge in [-0.1, -0.05) is 6.92 Å². The number of anilines is 1. The first-order valence-corrected chi connectivity index (χ1v) is 6.94. The summed E-state index contributed by atoms with van der Waals surface area (Å²) in [6.07, 6.45) is 3.93. The van der Waals surface area contributed by atoms with Crippen LogP contribution in [-0.2, 0) is 0 Å². The molecule has 1 heterocycles. The van der Waals surface area contributed by atoms with E-state index in [9.17, 15) is 0 Å². The second-order valence-corrected chi connectivity index (χ2v) is 5.22. The number of halogens is 1. The zero-order valence-electron chi connectivity index (χ0n) is 11.0. The maximum Gasteiger partial charge on any atom is 0.322 e. The molecular formula is C12H19ClN4O2. The molecule has 19 heavy (non-hydrogen) atoms. The van der Waals surface area contributed by atoms with Gasteiger partial charge in [-0.25, -0.2) is 0 Å². The van der Waals surface area contributed by atoms with E-state index in [1.54, 1.807) is 0 Å². The van der Waals surface area contributed by atoms with E-state index >= 15 is 0 Å². The van der Waals surface area contributed by atoms with Crippen LogP contribution in [0.25, 0.3) is 0 Å². The van der Waals surface area contributed by atoms with Crippen LogP contribution in [-0.4, -0.2) is 39.8 Å². The molecule has 2 N–H and O–H groups in total. The van der Waals surface area contributed by atoms with E-state index in [0.29, 0.717) is 12.6 Å². The molecule has 0 spiro atoms. The van der Waals surface area contributed by atoms with E-state index in [4.69, 9.17) is 21.4 Å². The van der Waals surface area contributed by atoms with Crippen LogP contribution in [0.5, 0.6) is 6.01 Å². The molecule has 1 saturated carbocycles. The average Bonchev–Trinajstić information content (AvgIpc) is 3.14. The molecule has 1 aromatic heterocycles. The van der Waals surface area contributed by atoms with Crippen LogP contribution in [0.1, 0.15) is 32.6 Å². The van der Waals surface area contributed by atoms with Gasteiger partial charge in [0.15, 0.2) is 0 Å². The molecule has 1 aliphatic carbocycles. The fourth-order valence-electron chi connectivity index (χ4n) is 1.86. The molecule has 106 valence electrons. The molecule has 0 saturated heterocycles. The van der Waals surface area contributed by atoms with Gasteiger partial charge in [0.2, 0.25) is 11.2 Å². The predicted molar refractivity (Wildman–Crippen MR) is 72.5 cm³/mol. The van der Waals surface area contributed by atoms with Crippen molar-refractivity contribution in [1.82, 2.24) is 15.0 Å². The van der Waals surface area contributed by atoms with E-state index in [1.807, 2.05) is 6.92 Å². The van der Waals surface area contributed by atoms with Crippen LogP contribution >= 0.6 is 11.6 Å². The van der Waals surface area contributed by atoms with Gasteiger partial charge in [-0.05, 0) is 42.7 Å². The lowest BCUT2D eigenvalue weighted by Crippen LogP contribution is -2.18. The molecule has 0 radical (unpaired) electrons. The molecule has 1 fully saturated rings. The lowest BCUT2D eigenvalue weighted by Gasteiger charge is -2.14. The number of aliphatic hydroxyl groups excluding tert-OH is 1. The predicted octanol–water partition coefficient (Wildman–Crippen LogP) is 1.89. The second kappa shape index (κ2) is 6.34. The molecule has 0 aromatic carbocycles. The molecule has 0 aliphatic heterocycles. The van der Waals surface area contributed by atoms with Gasteiger partial charge in [0.1, 0.15) is 0 Å². The highest BCUT2D eigenvalue weighted by atomic mass is 35.5. The van der Waals surface area contributed by atoms with Crippen molar-refractivity contribution in [3.05, 3.63) is 5.28 Å². The second-order valence-electron chi connectivity index (χ2n) is 4.89. The van der Waals surface area contributed by atoms with Crippen LogP contribution in [0.15, 0.2) is 0 Å². The van der Waals surface area contributed by atoms with Crippen molar-refractivity contribution < 1.29 is 9.84 Å². The third kappa shape index (κ3) is 4.18. The quantitative estimate of drug-likeness (QED) is 0.760. The van der Waals surface area contributed by atoms with E-state index in [0.717, 1.165) is 32.2 Å². The van der Waals surface area contributed by atoms with Gasteiger partial charge in [0, 0.05) is 13.2 Å². The Morgan fingerprint density at radius 2 is 2.16 bits per heavy atom. The lowest BCUT2D eigenvalue weighted by atomic mass is 10.0. The van der Waals surface area contributed by atoms with E-state index in [1.165, 1.54) is 0 Å². The molecule has 0 bridgehead atoms. The van der Waals surface area contributed by atoms with Gasteiger partial charge < -0.3 is 15.2 Å². The molecule has 0 amide bonds. The summed E-state index contributed by atoms with van der Waals surface area (Å²) >= 11 is 5.83. The van der Waals surface area contributed by atoms with E-state index in [-0.39, 0.29) is 23.3 Å². The summed E-state index contributed by atoms with van der Waals surface area (Å²) < 4.78 is 5.35. The standard InChI is InChI=1S/C12H19ClN4O2/c1-2-7-19-11-16-9(13)15-10(17-11)14-8-12(3-4-12)5-6-18/h18H,2-8H2,1H3,(H,14,15,16,17). The number of ether oxygens (including phenoxy) is 1. The summed E-state index contributed by atoms with van der Waals surface area (Å²) in [5, 5.41) is 12.3. The SMILES string of the molecule is CCCOc1nc(Cl)nc(NCC2(CCO)CC2)n1. The Balaban J connectivity index is 1.94. The zero-order valence-corrected chi connectivity index (χ0v) is 11.8. The number of hydrogen-bond acceptors (Lipinski definition) is 6. The Morgan fingerprint density at radius 1 is 1.37 bits per heavy atom. The fourth-order valence-corrected chi connectivity index (χ4v) is 2.02. The lowest BCUT2D eigenvalue weighted by molar-refractivity contribution is 0.253. The van der Waals surface area contributed by atoms with Gasteiger partial charge in [-0.2, -0.15) is 15.0 Å². The maximum absolute atomic E-state index is 9.01. The van der Waals surface area contributed by atoms with Gasteiger partial charge in [0.25, 0.3) is 0 Å². The van der Waals surface area contributed by atoms with Crippen molar-refractivity contribution in [2.75, 3.05) is 25.1 Å². The van der Waals surface area contributed by atoms with Crippen LogP contribution in [0.2, 0.25) is 5.28 Å². The molecule has 2 rings (SSSR count). The number of aliphatic hydroxyl groups is 1. The summed E-state index contributed by atoms with van der Waals surface area (Å²) in [6, 6.07) is 0.247. The largest absolute Gasteiger partial charge is 0.463 e. The molecular weight excluding hydrogens is 268 g/mol.